The summed E-state index contributed by atoms with van der Waals surface area (Å²) in [6, 6.07) is 3.40. The Balaban J connectivity index is 0.00000106. The van der Waals surface area contributed by atoms with E-state index in [1.807, 2.05) is 19.9 Å². The van der Waals surface area contributed by atoms with Gasteiger partial charge >= 0.3 is 0 Å². The quantitative estimate of drug-likeness (QED) is 0.542. The van der Waals surface area contributed by atoms with Gasteiger partial charge in [-0.15, -0.1) is 0 Å². The average Bonchev–Trinajstić information content (AvgIpc) is 2.29. The first-order chi connectivity index (χ1) is 7.69. The third-order valence-electron chi connectivity index (χ3n) is 1.84. The third-order valence-corrected chi connectivity index (χ3v) is 1.84. The van der Waals surface area contributed by atoms with E-state index in [9.17, 15) is 5.11 Å². The summed E-state index contributed by atoms with van der Waals surface area (Å²) >= 11 is 0. The second-order valence-corrected chi connectivity index (χ2v) is 2.91. The van der Waals surface area contributed by atoms with E-state index in [4.69, 9.17) is 16.2 Å². The van der Waals surface area contributed by atoms with E-state index in [1.54, 1.807) is 19.3 Å². The Kier molecular flexibility index (Phi) is 6.79. The van der Waals surface area contributed by atoms with Crippen LogP contribution in [0.4, 0.5) is 5.69 Å². The standard InChI is InChI=1S/C10H14N2O2.C2H6/c1-14-6-7-4-8(2-3-11)10(12)9(13)5-7;1-2/h2-5,13H,6,11-12H2,1H3;1-2H3/b3-2-;. The van der Waals surface area contributed by atoms with E-state index in [2.05, 4.69) is 0 Å². The van der Waals surface area contributed by atoms with Crippen molar-refractivity contribution in [1.82, 2.24) is 0 Å². The molecule has 0 saturated heterocycles. The highest BCUT2D eigenvalue weighted by Crippen LogP contribution is 2.27. The highest BCUT2D eigenvalue weighted by molar-refractivity contribution is 5.70. The number of nitrogen functional groups attached to an aromatic ring is 1. The average molecular weight is 224 g/mol. The van der Waals surface area contributed by atoms with E-state index in [0.29, 0.717) is 17.9 Å². The molecule has 1 aromatic rings. The second-order valence-electron chi connectivity index (χ2n) is 2.91. The molecule has 1 rings (SSSR count). The molecule has 1 aromatic carbocycles. The minimum Gasteiger partial charge on any atom is -0.506 e. The first-order valence-corrected chi connectivity index (χ1v) is 5.17. The maximum atomic E-state index is 9.48. The Morgan fingerprint density at radius 1 is 1.38 bits per heavy atom. The van der Waals surface area contributed by atoms with Gasteiger partial charge in [-0.25, -0.2) is 0 Å². The van der Waals surface area contributed by atoms with Crippen molar-refractivity contribution in [3.05, 3.63) is 29.5 Å². The van der Waals surface area contributed by atoms with Crippen molar-refractivity contribution in [3.63, 3.8) is 0 Å². The van der Waals surface area contributed by atoms with Gasteiger partial charge < -0.3 is 21.3 Å². The number of hydrogen-bond donors (Lipinski definition) is 3. The lowest BCUT2D eigenvalue weighted by molar-refractivity contribution is 0.184. The van der Waals surface area contributed by atoms with Crippen LogP contribution in [0.25, 0.3) is 6.08 Å². The number of phenols is 1. The van der Waals surface area contributed by atoms with Crippen LogP contribution in [0, 0.1) is 0 Å². The van der Waals surface area contributed by atoms with Gasteiger partial charge in [0.15, 0.2) is 0 Å². The van der Waals surface area contributed by atoms with Crippen molar-refractivity contribution in [2.24, 2.45) is 5.73 Å². The molecule has 0 aromatic heterocycles. The van der Waals surface area contributed by atoms with E-state index < -0.39 is 0 Å². The van der Waals surface area contributed by atoms with Crippen LogP contribution >= 0.6 is 0 Å². The van der Waals surface area contributed by atoms with Crippen LogP contribution in [0.2, 0.25) is 0 Å². The van der Waals surface area contributed by atoms with Crippen LogP contribution < -0.4 is 11.5 Å². The van der Waals surface area contributed by atoms with Gasteiger partial charge in [0, 0.05) is 12.7 Å². The zero-order chi connectivity index (χ0) is 12.6. The number of rotatable bonds is 3. The number of hydrogen-bond acceptors (Lipinski definition) is 4. The summed E-state index contributed by atoms with van der Waals surface area (Å²) in [6.45, 7) is 4.43. The summed E-state index contributed by atoms with van der Waals surface area (Å²) in [7, 11) is 1.59. The number of benzene rings is 1. The number of ether oxygens (including phenoxy) is 1. The molecule has 0 unspecified atom stereocenters. The van der Waals surface area contributed by atoms with Crippen molar-refractivity contribution in [1.29, 1.82) is 0 Å². The lowest BCUT2D eigenvalue weighted by Crippen LogP contribution is -1.95. The normalized spacial score (nSPS) is 9.94. The van der Waals surface area contributed by atoms with Gasteiger partial charge in [0.25, 0.3) is 0 Å². The molecule has 0 radical (unpaired) electrons. The van der Waals surface area contributed by atoms with Crippen LogP contribution in [-0.2, 0) is 11.3 Å². The van der Waals surface area contributed by atoms with Crippen LogP contribution in [0.15, 0.2) is 18.3 Å². The molecular formula is C12H20N2O2. The molecule has 0 aliphatic rings. The molecule has 0 aliphatic carbocycles. The summed E-state index contributed by atoms with van der Waals surface area (Å²) in [5.74, 6) is 0.0488. The molecule has 0 saturated carbocycles. The van der Waals surface area contributed by atoms with Crippen LogP contribution in [-0.4, -0.2) is 12.2 Å². The van der Waals surface area contributed by atoms with Crippen molar-refractivity contribution < 1.29 is 9.84 Å². The van der Waals surface area contributed by atoms with Gasteiger partial charge in [0.2, 0.25) is 0 Å². The third kappa shape index (κ3) is 3.82. The molecule has 0 bridgehead atoms. The first kappa shape index (κ1) is 14.3. The Morgan fingerprint density at radius 3 is 2.50 bits per heavy atom. The van der Waals surface area contributed by atoms with E-state index in [-0.39, 0.29) is 5.75 Å². The molecule has 0 heterocycles. The van der Waals surface area contributed by atoms with E-state index in [1.165, 1.54) is 6.20 Å². The van der Waals surface area contributed by atoms with E-state index >= 15 is 0 Å². The molecule has 4 heteroatoms. The zero-order valence-electron chi connectivity index (χ0n) is 10.0. The molecule has 5 N–H and O–H groups in total. The number of nitrogens with two attached hydrogens (primary N) is 2. The molecule has 0 fully saturated rings. The highest BCUT2D eigenvalue weighted by atomic mass is 16.5. The molecule has 0 spiro atoms. The summed E-state index contributed by atoms with van der Waals surface area (Å²) in [6.07, 6.45) is 3.01. The van der Waals surface area contributed by atoms with Gasteiger partial charge in [-0.1, -0.05) is 13.8 Å². The largest absolute Gasteiger partial charge is 0.506 e. The van der Waals surface area contributed by atoms with Crippen molar-refractivity contribution in [2.45, 2.75) is 20.5 Å². The minimum absolute atomic E-state index is 0.0488. The molecule has 0 amide bonds. The summed E-state index contributed by atoms with van der Waals surface area (Å²) in [4.78, 5) is 0. The zero-order valence-corrected chi connectivity index (χ0v) is 10.0. The lowest BCUT2D eigenvalue weighted by Gasteiger charge is -2.07. The van der Waals surface area contributed by atoms with Gasteiger partial charge in [0.1, 0.15) is 5.75 Å². The maximum Gasteiger partial charge on any atom is 0.139 e. The van der Waals surface area contributed by atoms with Crippen molar-refractivity contribution in [3.8, 4) is 5.75 Å². The van der Waals surface area contributed by atoms with Gasteiger partial charge in [-0.3, -0.25) is 0 Å². The van der Waals surface area contributed by atoms with Crippen molar-refractivity contribution in [2.75, 3.05) is 12.8 Å². The van der Waals surface area contributed by atoms with Crippen LogP contribution in [0.3, 0.4) is 0 Å². The number of anilines is 1. The molecule has 0 atom stereocenters. The van der Waals surface area contributed by atoms with Crippen LogP contribution in [0.5, 0.6) is 5.75 Å². The predicted octanol–water partition coefficient (Wildman–Crippen LogP) is 2.08. The fourth-order valence-electron chi connectivity index (χ4n) is 1.21. The molecule has 4 nitrogen and oxygen atoms in total. The number of aromatic hydroxyl groups is 1. The predicted molar refractivity (Wildman–Crippen MR) is 67.8 cm³/mol. The van der Waals surface area contributed by atoms with Crippen molar-refractivity contribution >= 4 is 11.8 Å². The van der Waals surface area contributed by atoms with Gasteiger partial charge in [-0.05, 0) is 30.0 Å². The van der Waals surface area contributed by atoms with Gasteiger partial charge in [0.05, 0.1) is 12.3 Å². The number of phenolic OH excluding ortho intramolecular Hbond substituents is 1. The summed E-state index contributed by atoms with van der Waals surface area (Å²) in [5.41, 5.74) is 12.8. The fraction of sp³-hybridized carbons (Fsp3) is 0.333. The minimum atomic E-state index is 0.0488. The summed E-state index contributed by atoms with van der Waals surface area (Å²) in [5, 5.41) is 9.48. The topological polar surface area (TPSA) is 81.5 Å². The Morgan fingerprint density at radius 2 is 2.00 bits per heavy atom. The molecule has 16 heavy (non-hydrogen) atoms. The first-order valence-electron chi connectivity index (χ1n) is 5.17. The Bertz CT molecular complexity index is 349. The highest BCUT2D eigenvalue weighted by Gasteiger charge is 2.04. The fourth-order valence-corrected chi connectivity index (χ4v) is 1.21. The van der Waals surface area contributed by atoms with Crippen LogP contribution in [0.1, 0.15) is 25.0 Å². The Labute approximate surface area is 96.5 Å². The summed E-state index contributed by atoms with van der Waals surface area (Å²) < 4.78 is 4.95. The smallest absolute Gasteiger partial charge is 0.139 e. The second kappa shape index (κ2) is 7.59. The SMILES string of the molecule is CC.COCc1cc(O)c(N)c(/C=C\N)c1. The van der Waals surface area contributed by atoms with Gasteiger partial charge in [-0.2, -0.15) is 0 Å². The maximum absolute atomic E-state index is 9.48. The Hall–Kier alpha value is -1.68. The lowest BCUT2D eigenvalue weighted by atomic mass is 10.1. The molecule has 0 aliphatic heterocycles. The van der Waals surface area contributed by atoms with E-state index in [0.717, 1.165) is 5.56 Å². The monoisotopic (exact) mass is 224 g/mol. The number of methoxy groups -OCH3 is 1. The molecular weight excluding hydrogens is 204 g/mol. The molecule has 90 valence electrons.